The summed E-state index contributed by atoms with van der Waals surface area (Å²) >= 11 is 0. The molecule has 124 valence electrons. The third kappa shape index (κ3) is 9.94. The van der Waals surface area contributed by atoms with Crippen LogP contribution in [0.25, 0.3) is 0 Å². The van der Waals surface area contributed by atoms with Gasteiger partial charge >= 0.3 is 34.1 Å². The fraction of sp³-hybridized carbons (Fsp3) is 0. The molecule has 4 rings (SSSR count). The summed E-state index contributed by atoms with van der Waals surface area (Å²) in [4.78, 5) is 0. The van der Waals surface area contributed by atoms with E-state index < -0.39 is 0 Å². The Kier molecular flexibility index (Phi) is 13.4. The Hall–Kier alpha value is -1.96. The van der Waals surface area contributed by atoms with Crippen molar-refractivity contribution in [3.8, 4) is 0 Å². The normalized spacial score (nSPS) is 8.83. The maximum absolute atomic E-state index is 4.03. The Morgan fingerprint density at radius 1 is 0.458 bits per heavy atom. The summed E-state index contributed by atoms with van der Waals surface area (Å²) in [5, 5.41) is 8.07. The minimum atomic E-state index is 0. The molecule has 0 spiro atoms. The van der Waals surface area contributed by atoms with Crippen LogP contribution in [0.4, 0.5) is 11.4 Å². The van der Waals surface area contributed by atoms with Crippen LogP contribution < -0.4 is 0 Å². The minimum Gasteiger partial charge on any atom is -0.231 e. The van der Waals surface area contributed by atoms with Gasteiger partial charge in [-0.15, -0.1) is 0 Å². The van der Waals surface area contributed by atoms with E-state index in [1.54, 1.807) is 0 Å². The molecule has 4 aromatic carbocycles. The van der Waals surface area contributed by atoms with Crippen LogP contribution in [-0.2, 0) is 34.1 Å². The Labute approximate surface area is 164 Å². The van der Waals surface area contributed by atoms with Crippen molar-refractivity contribution >= 4 is 11.4 Å². The first-order valence-corrected chi connectivity index (χ1v) is 7.14. The first-order valence-electron chi connectivity index (χ1n) is 7.14. The Balaban J connectivity index is 0.000000370. The molecule has 4 aromatic rings. The Morgan fingerprint density at radius 2 is 0.750 bits per heavy atom. The molecule has 0 fully saturated rings. The van der Waals surface area contributed by atoms with Crippen LogP contribution in [-0.4, -0.2) is 0 Å². The van der Waals surface area contributed by atoms with E-state index in [2.05, 4.69) is 10.2 Å². The molecule has 0 atom stereocenters. The predicted molar refractivity (Wildman–Crippen MR) is 92.3 cm³/mol. The van der Waals surface area contributed by atoms with Gasteiger partial charge < -0.3 is 0 Å². The Morgan fingerprint density at radius 3 is 0.958 bits per heavy atom. The second kappa shape index (κ2) is 14.6. The summed E-state index contributed by atoms with van der Waals surface area (Å²) in [5.41, 5.74) is 1.80. The van der Waals surface area contributed by atoms with Crippen molar-refractivity contribution in [1.29, 1.82) is 0 Å². The number of azo groups is 1. The quantitative estimate of drug-likeness (QED) is 0.214. The summed E-state index contributed by atoms with van der Waals surface area (Å²) < 4.78 is 0. The maximum atomic E-state index is 4.03. The maximum Gasteiger partial charge on any atom is 2.00 e. The molecule has 0 aliphatic carbocycles. The molecule has 0 unspecified atom stereocenters. The van der Waals surface area contributed by atoms with Crippen LogP contribution >= 0.6 is 0 Å². The van der Waals surface area contributed by atoms with Gasteiger partial charge in [0.05, 0.1) is 0 Å². The molecule has 0 amide bonds. The van der Waals surface area contributed by atoms with Gasteiger partial charge in [0.15, 0.2) is 0 Å². The summed E-state index contributed by atoms with van der Waals surface area (Å²) in [6.45, 7) is 0. The van der Waals surface area contributed by atoms with Gasteiger partial charge in [-0.25, -0.2) is 58.8 Å². The van der Waals surface area contributed by atoms with Crippen molar-refractivity contribution in [2.45, 2.75) is 0 Å². The van der Waals surface area contributed by atoms with Crippen LogP contribution in [0.1, 0.15) is 0 Å². The molecule has 2 nitrogen and oxygen atoms in total. The van der Waals surface area contributed by atoms with Crippen molar-refractivity contribution < 1.29 is 34.1 Å². The van der Waals surface area contributed by atoms with Gasteiger partial charge in [0, 0.05) is 0 Å². The topological polar surface area (TPSA) is 24.7 Å². The SMILES string of the molecule is [Fe+2].[Fe+2].c1cc[c-](N=N[c-]2cccc2)c1.c1cc[cH-]c1.c1cc[cH-]c1. The van der Waals surface area contributed by atoms with Gasteiger partial charge in [-0.3, -0.25) is 0 Å². The van der Waals surface area contributed by atoms with E-state index in [1.807, 2.05) is 109 Å². The van der Waals surface area contributed by atoms with Crippen LogP contribution in [0.15, 0.2) is 119 Å². The number of rotatable bonds is 2. The zero-order valence-electron chi connectivity index (χ0n) is 13.0. The van der Waals surface area contributed by atoms with Crippen LogP contribution in [0.2, 0.25) is 0 Å². The zero-order chi connectivity index (χ0) is 15.3. The fourth-order valence-corrected chi connectivity index (χ4v) is 1.62. The van der Waals surface area contributed by atoms with Gasteiger partial charge in [-0.2, -0.15) is 60.7 Å². The molecular weight excluding hydrogens is 380 g/mol. The first kappa shape index (κ1) is 22.0. The van der Waals surface area contributed by atoms with Crippen molar-refractivity contribution in [2.75, 3.05) is 0 Å². The van der Waals surface area contributed by atoms with E-state index in [9.17, 15) is 0 Å². The van der Waals surface area contributed by atoms with Gasteiger partial charge in [-0.05, 0) is 11.4 Å². The molecule has 0 N–H and O–H groups in total. The van der Waals surface area contributed by atoms with E-state index in [1.165, 1.54) is 0 Å². The minimum absolute atomic E-state index is 0. The summed E-state index contributed by atoms with van der Waals surface area (Å²) in [7, 11) is 0. The molecule has 0 aromatic heterocycles. The van der Waals surface area contributed by atoms with Crippen LogP contribution in [0, 0.1) is 0 Å². The fourth-order valence-electron chi connectivity index (χ4n) is 1.62. The van der Waals surface area contributed by atoms with E-state index in [-0.39, 0.29) is 34.1 Å². The van der Waals surface area contributed by atoms with Crippen LogP contribution in [0.3, 0.4) is 0 Å². The summed E-state index contributed by atoms with van der Waals surface area (Å²) in [6, 6.07) is 35.5. The molecule has 0 saturated carbocycles. The van der Waals surface area contributed by atoms with Gasteiger partial charge in [-0.1, -0.05) is 0 Å². The van der Waals surface area contributed by atoms with E-state index in [0.717, 1.165) is 11.4 Å². The number of hydrogen-bond donors (Lipinski definition) is 0. The Bertz CT molecular complexity index is 580. The second-order valence-corrected chi connectivity index (χ2v) is 4.41. The summed E-state index contributed by atoms with van der Waals surface area (Å²) in [5.74, 6) is 0. The molecule has 4 heteroatoms. The molecule has 0 saturated heterocycles. The number of hydrogen-bond acceptors (Lipinski definition) is 2. The monoisotopic (exact) mass is 398 g/mol. The molecule has 0 aliphatic heterocycles. The number of nitrogens with zero attached hydrogens (tertiary/aromatic N) is 2. The van der Waals surface area contributed by atoms with Crippen molar-refractivity contribution in [3.05, 3.63) is 109 Å². The van der Waals surface area contributed by atoms with E-state index in [4.69, 9.17) is 0 Å². The van der Waals surface area contributed by atoms with E-state index in [0.29, 0.717) is 0 Å². The molecule has 24 heavy (non-hydrogen) atoms. The van der Waals surface area contributed by atoms with Crippen LogP contribution in [0.5, 0.6) is 0 Å². The third-order valence-corrected chi connectivity index (χ3v) is 2.68. The largest absolute Gasteiger partial charge is 2.00 e. The standard InChI is InChI=1S/C10H8N2.2C5H5.2Fe/c1-2-6-9(5-1)11-12-10-7-3-4-8-10;2*1-2-4-5-3-1;;/h1-8H;2*1-5H;;/q-2;2*-1;2*+2. The third-order valence-electron chi connectivity index (χ3n) is 2.68. The molecule has 0 bridgehead atoms. The summed E-state index contributed by atoms with van der Waals surface area (Å²) in [6.07, 6.45) is 0. The van der Waals surface area contributed by atoms with Gasteiger partial charge in [0.1, 0.15) is 0 Å². The van der Waals surface area contributed by atoms with Crippen molar-refractivity contribution in [2.24, 2.45) is 10.2 Å². The average molecular weight is 398 g/mol. The molecular formula is C20H18Fe2N2. The molecule has 0 radical (unpaired) electrons. The van der Waals surface area contributed by atoms with Crippen molar-refractivity contribution in [3.63, 3.8) is 0 Å². The smallest absolute Gasteiger partial charge is 0.231 e. The average Bonchev–Trinajstić information content (AvgIpc) is 3.41. The second-order valence-electron chi connectivity index (χ2n) is 4.41. The predicted octanol–water partition coefficient (Wildman–Crippen LogP) is 6.35. The van der Waals surface area contributed by atoms with Gasteiger partial charge in [0.25, 0.3) is 0 Å². The van der Waals surface area contributed by atoms with Crippen molar-refractivity contribution in [1.82, 2.24) is 0 Å². The van der Waals surface area contributed by atoms with Gasteiger partial charge in [0.2, 0.25) is 0 Å². The van der Waals surface area contributed by atoms with E-state index >= 15 is 0 Å². The first-order chi connectivity index (χ1) is 10.9. The molecule has 0 aliphatic rings. The zero-order valence-corrected chi connectivity index (χ0v) is 15.2. The molecule has 0 heterocycles.